The summed E-state index contributed by atoms with van der Waals surface area (Å²) in [6, 6.07) is 11.1. The molecule has 2 amide bonds. The van der Waals surface area contributed by atoms with E-state index in [0.717, 1.165) is 16.9 Å². The van der Waals surface area contributed by atoms with Gasteiger partial charge in [-0.3, -0.25) is 14.6 Å². The van der Waals surface area contributed by atoms with Crippen molar-refractivity contribution < 1.29 is 14.3 Å². The molecule has 0 atom stereocenters. The molecule has 0 saturated heterocycles. The Morgan fingerprint density at radius 2 is 1.60 bits per heavy atom. The molecule has 1 aromatic heterocycles. The van der Waals surface area contributed by atoms with Crippen LogP contribution in [0.5, 0.6) is 5.75 Å². The molecule has 2 rings (SSSR count). The fourth-order valence-electron chi connectivity index (χ4n) is 2.16. The number of hydrogen-bond acceptors (Lipinski definition) is 4. The van der Waals surface area contributed by atoms with Crippen LogP contribution in [0, 0.1) is 5.41 Å². The Kier molecular flexibility index (Phi) is 6.11. The maximum atomic E-state index is 12.4. The SMILES string of the molecule is COc1ccc(CNC(=O)C(C)(C)C(=O)NCc2cccnc2)cc1. The monoisotopic (exact) mass is 341 g/mol. The van der Waals surface area contributed by atoms with Crippen LogP contribution in [0.15, 0.2) is 48.8 Å². The lowest BCUT2D eigenvalue weighted by atomic mass is 9.91. The van der Waals surface area contributed by atoms with Crippen LogP contribution in [-0.4, -0.2) is 23.9 Å². The van der Waals surface area contributed by atoms with E-state index in [9.17, 15) is 9.59 Å². The highest BCUT2D eigenvalue weighted by atomic mass is 16.5. The molecule has 132 valence electrons. The summed E-state index contributed by atoms with van der Waals surface area (Å²) in [6.45, 7) is 3.90. The number of rotatable bonds is 7. The van der Waals surface area contributed by atoms with Crippen LogP contribution in [0.3, 0.4) is 0 Å². The van der Waals surface area contributed by atoms with Gasteiger partial charge in [0.15, 0.2) is 0 Å². The average Bonchev–Trinajstić information content (AvgIpc) is 2.65. The summed E-state index contributed by atoms with van der Waals surface area (Å²) >= 11 is 0. The highest BCUT2D eigenvalue weighted by Crippen LogP contribution is 2.17. The first-order valence-corrected chi connectivity index (χ1v) is 8.02. The van der Waals surface area contributed by atoms with Gasteiger partial charge >= 0.3 is 0 Å². The molecule has 0 spiro atoms. The van der Waals surface area contributed by atoms with Crippen molar-refractivity contribution in [3.05, 3.63) is 59.9 Å². The number of nitrogens with zero attached hydrogens (tertiary/aromatic N) is 1. The Hall–Kier alpha value is -2.89. The highest BCUT2D eigenvalue weighted by molar-refractivity contribution is 6.04. The zero-order valence-corrected chi connectivity index (χ0v) is 14.7. The van der Waals surface area contributed by atoms with Gasteiger partial charge in [-0.25, -0.2) is 0 Å². The lowest BCUT2D eigenvalue weighted by Crippen LogP contribution is -2.47. The molecule has 2 aromatic rings. The number of ether oxygens (including phenoxy) is 1. The van der Waals surface area contributed by atoms with Crippen LogP contribution < -0.4 is 15.4 Å². The number of carbonyl (C=O) groups excluding carboxylic acids is 2. The van der Waals surface area contributed by atoms with E-state index < -0.39 is 5.41 Å². The van der Waals surface area contributed by atoms with Crippen molar-refractivity contribution in [2.24, 2.45) is 5.41 Å². The van der Waals surface area contributed by atoms with Crippen LogP contribution >= 0.6 is 0 Å². The lowest BCUT2D eigenvalue weighted by molar-refractivity contribution is -0.141. The first kappa shape index (κ1) is 18.4. The minimum atomic E-state index is -1.17. The predicted molar refractivity (Wildman–Crippen MR) is 94.7 cm³/mol. The third-order valence-corrected chi connectivity index (χ3v) is 3.92. The molecule has 0 aliphatic heterocycles. The molecule has 0 bridgehead atoms. The van der Waals surface area contributed by atoms with Crippen LogP contribution in [0.25, 0.3) is 0 Å². The lowest BCUT2D eigenvalue weighted by Gasteiger charge is -2.22. The Bertz CT molecular complexity index is 712. The van der Waals surface area contributed by atoms with Crippen molar-refractivity contribution >= 4 is 11.8 Å². The van der Waals surface area contributed by atoms with Crippen LogP contribution in [0.1, 0.15) is 25.0 Å². The third kappa shape index (κ3) is 5.04. The maximum absolute atomic E-state index is 12.4. The van der Waals surface area contributed by atoms with Gasteiger partial charge in [-0.05, 0) is 43.2 Å². The van der Waals surface area contributed by atoms with Gasteiger partial charge in [0.2, 0.25) is 11.8 Å². The van der Waals surface area contributed by atoms with Gasteiger partial charge in [-0.15, -0.1) is 0 Å². The number of pyridine rings is 1. The van der Waals surface area contributed by atoms with E-state index in [0.29, 0.717) is 13.1 Å². The average molecular weight is 341 g/mol. The second kappa shape index (κ2) is 8.28. The van der Waals surface area contributed by atoms with E-state index in [1.54, 1.807) is 39.4 Å². The molecule has 0 unspecified atom stereocenters. The summed E-state index contributed by atoms with van der Waals surface area (Å²) in [5.74, 6) is 0.0979. The van der Waals surface area contributed by atoms with Crippen molar-refractivity contribution in [2.75, 3.05) is 7.11 Å². The number of aromatic nitrogens is 1. The van der Waals surface area contributed by atoms with E-state index in [-0.39, 0.29) is 11.8 Å². The molecule has 0 radical (unpaired) electrons. The van der Waals surface area contributed by atoms with Crippen molar-refractivity contribution in [3.63, 3.8) is 0 Å². The molecule has 1 heterocycles. The van der Waals surface area contributed by atoms with E-state index >= 15 is 0 Å². The number of hydrogen-bond donors (Lipinski definition) is 2. The largest absolute Gasteiger partial charge is 0.497 e. The molecule has 0 aliphatic rings. The molecule has 0 fully saturated rings. The second-order valence-electron chi connectivity index (χ2n) is 6.20. The fraction of sp³-hybridized carbons (Fsp3) is 0.316. The molecule has 6 heteroatoms. The molecular weight excluding hydrogens is 318 g/mol. The van der Waals surface area contributed by atoms with Gasteiger partial charge in [0.1, 0.15) is 11.2 Å². The van der Waals surface area contributed by atoms with Crippen LogP contribution in [-0.2, 0) is 22.7 Å². The van der Waals surface area contributed by atoms with Gasteiger partial charge in [-0.1, -0.05) is 18.2 Å². The quantitative estimate of drug-likeness (QED) is 0.755. The summed E-state index contributed by atoms with van der Waals surface area (Å²) in [5.41, 5.74) is 0.639. The summed E-state index contributed by atoms with van der Waals surface area (Å²) in [5, 5.41) is 5.58. The van der Waals surface area contributed by atoms with Gasteiger partial charge in [-0.2, -0.15) is 0 Å². The van der Waals surface area contributed by atoms with Gasteiger partial charge in [0.25, 0.3) is 0 Å². The van der Waals surface area contributed by atoms with E-state index in [1.807, 2.05) is 30.3 Å². The normalized spacial score (nSPS) is 10.8. The molecule has 25 heavy (non-hydrogen) atoms. The van der Waals surface area contributed by atoms with Gasteiger partial charge in [0.05, 0.1) is 7.11 Å². The molecule has 1 aromatic carbocycles. The third-order valence-electron chi connectivity index (χ3n) is 3.92. The maximum Gasteiger partial charge on any atom is 0.235 e. The van der Waals surface area contributed by atoms with Crippen LogP contribution in [0.2, 0.25) is 0 Å². The fourth-order valence-corrected chi connectivity index (χ4v) is 2.16. The van der Waals surface area contributed by atoms with E-state index in [2.05, 4.69) is 15.6 Å². The Morgan fingerprint density at radius 3 is 2.12 bits per heavy atom. The summed E-state index contributed by atoms with van der Waals surface area (Å²) < 4.78 is 5.10. The number of amides is 2. The number of carbonyl (C=O) groups is 2. The number of nitrogens with one attached hydrogen (secondary N) is 2. The number of benzene rings is 1. The smallest absolute Gasteiger partial charge is 0.235 e. The molecule has 2 N–H and O–H groups in total. The molecule has 6 nitrogen and oxygen atoms in total. The zero-order valence-electron chi connectivity index (χ0n) is 14.7. The minimum absolute atomic E-state index is 0.327. The van der Waals surface area contributed by atoms with Crippen molar-refractivity contribution in [1.82, 2.24) is 15.6 Å². The van der Waals surface area contributed by atoms with Crippen molar-refractivity contribution in [2.45, 2.75) is 26.9 Å². The first-order valence-electron chi connectivity index (χ1n) is 8.02. The topological polar surface area (TPSA) is 80.3 Å². The highest BCUT2D eigenvalue weighted by Gasteiger charge is 2.35. The Balaban J connectivity index is 1.88. The van der Waals surface area contributed by atoms with Gasteiger partial charge < -0.3 is 15.4 Å². The predicted octanol–water partition coefficient (Wildman–Crippen LogP) is 2.05. The standard InChI is InChI=1S/C19H23N3O3/c1-19(2,18(24)22-13-15-5-4-10-20-11-15)17(23)21-12-14-6-8-16(25-3)9-7-14/h4-11H,12-13H2,1-3H3,(H,21,23)(H,22,24). The van der Waals surface area contributed by atoms with E-state index in [4.69, 9.17) is 4.74 Å². The first-order chi connectivity index (χ1) is 11.9. The zero-order chi connectivity index (χ0) is 18.3. The van der Waals surface area contributed by atoms with Crippen molar-refractivity contribution in [1.29, 1.82) is 0 Å². The molecule has 0 saturated carbocycles. The van der Waals surface area contributed by atoms with Gasteiger partial charge in [0, 0.05) is 25.5 Å². The summed E-state index contributed by atoms with van der Waals surface area (Å²) in [7, 11) is 1.60. The van der Waals surface area contributed by atoms with Crippen LogP contribution in [0.4, 0.5) is 0 Å². The van der Waals surface area contributed by atoms with Crippen molar-refractivity contribution in [3.8, 4) is 5.75 Å². The second-order valence-corrected chi connectivity index (χ2v) is 6.20. The Morgan fingerprint density at radius 1 is 1.00 bits per heavy atom. The summed E-state index contributed by atoms with van der Waals surface area (Å²) in [6.07, 6.45) is 3.35. The molecule has 0 aliphatic carbocycles. The number of methoxy groups -OCH3 is 1. The van der Waals surface area contributed by atoms with E-state index in [1.165, 1.54) is 0 Å². The molecular formula is C19H23N3O3. The summed E-state index contributed by atoms with van der Waals surface area (Å²) in [4.78, 5) is 28.8. The minimum Gasteiger partial charge on any atom is -0.497 e. The Labute approximate surface area is 147 Å².